The summed E-state index contributed by atoms with van der Waals surface area (Å²) in [5.41, 5.74) is 1.37. The van der Waals surface area contributed by atoms with Gasteiger partial charge in [-0.25, -0.2) is 8.78 Å². The number of ether oxygens (including phenoxy) is 1. The summed E-state index contributed by atoms with van der Waals surface area (Å²) in [6.07, 6.45) is -1.40. The summed E-state index contributed by atoms with van der Waals surface area (Å²) in [7, 11) is 0. The molecule has 3 rings (SSSR count). The largest absolute Gasteiger partial charge is 0.492 e. The number of anilines is 1. The minimum Gasteiger partial charge on any atom is -0.492 e. The number of carbonyl (C=O) groups is 1. The van der Waals surface area contributed by atoms with Crippen molar-refractivity contribution in [1.82, 2.24) is 4.98 Å². The second-order valence-electron chi connectivity index (χ2n) is 6.11. The minimum atomic E-state index is -2.63. The lowest BCUT2D eigenvalue weighted by atomic mass is 9.86. The number of benzene rings is 1. The van der Waals surface area contributed by atoms with Gasteiger partial charge >= 0.3 is 0 Å². The zero-order valence-corrected chi connectivity index (χ0v) is 12.8. The Morgan fingerprint density at radius 3 is 2.74 bits per heavy atom. The third-order valence-electron chi connectivity index (χ3n) is 3.83. The van der Waals surface area contributed by atoms with Crippen LogP contribution < -0.4 is 10.1 Å². The van der Waals surface area contributed by atoms with Crippen LogP contribution in [-0.4, -0.2) is 17.5 Å². The summed E-state index contributed by atoms with van der Waals surface area (Å²) < 4.78 is 30.5. The Morgan fingerprint density at radius 2 is 2.09 bits per heavy atom. The minimum absolute atomic E-state index is 0.147. The zero-order valence-electron chi connectivity index (χ0n) is 12.8. The van der Waals surface area contributed by atoms with E-state index >= 15 is 0 Å². The number of hydrogen-bond donors (Lipinski definition) is 1. The smallest absolute Gasteiger partial charge is 0.280 e. The van der Waals surface area contributed by atoms with Crippen molar-refractivity contribution in [2.75, 3.05) is 11.9 Å². The van der Waals surface area contributed by atoms with Gasteiger partial charge in [-0.3, -0.25) is 9.78 Å². The summed E-state index contributed by atoms with van der Waals surface area (Å²) in [4.78, 5) is 15.9. The molecule has 1 aromatic heterocycles. The fourth-order valence-electron chi connectivity index (χ4n) is 2.47. The summed E-state index contributed by atoms with van der Waals surface area (Å²) >= 11 is 0. The molecule has 0 bridgehead atoms. The van der Waals surface area contributed by atoms with Crippen molar-refractivity contribution in [3.8, 4) is 5.75 Å². The monoisotopic (exact) mass is 318 g/mol. The van der Waals surface area contributed by atoms with E-state index in [9.17, 15) is 13.6 Å². The van der Waals surface area contributed by atoms with Crippen LogP contribution in [0.15, 0.2) is 36.5 Å². The SMILES string of the molecule is CC1(C)COc2ccc(C(=O)Nc3ccc(C(F)F)nc3)cc21. The quantitative estimate of drug-likeness (QED) is 0.932. The summed E-state index contributed by atoms with van der Waals surface area (Å²) in [6, 6.07) is 7.86. The molecule has 0 fully saturated rings. The van der Waals surface area contributed by atoms with Crippen LogP contribution in [0.1, 0.15) is 41.9 Å². The van der Waals surface area contributed by atoms with Gasteiger partial charge in [-0.1, -0.05) is 13.8 Å². The number of carbonyl (C=O) groups excluding carboxylic acids is 1. The molecule has 1 aliphatic heterocycles. The molecule has 2 aromatic rings. The van der Waals surface area contributed by atoms with Crippen LogP contribution >= 0.6 is 0 Å². The Bertz CT molecular complexity index is 743. The van der Waals surface area contributed by atoms with Gasteiger partial charge in [0.15, 0.2) is 0 Å². The van der Waals surface area contributed by atoms with Crippen molar-refractivity contribution in [2.45, 2.75) is 25.7 Å². The van der Waals surface area contributed by atoms with Crippen LogP contribution in [0.5, 0.6) is 5.75 Å². The van der Waals surface area contributed by atoms with Crippen LogP contribution in [0.3, 0.4) is 0 Å². The Kier molecular flexibility index (Phi) is 3.75. The highest BCUT2D eigenvalue weighted by atomic mass is 19.3. The molecule has 0 saturated heterocycles. The number of amides is 1. The molecule has 0 radical (unpaired) electrons. The van der Waals surface area contributed by atoms with Gasteiger partial charge in [0.25, 0.3) is 12.3 Å². The molecule has 0 saturated carbocycles. The van der Waals surface area contributed by atoms with Gasteiger partial charge in [0.05, 0.1) is 18.5 Å². The molecule has 6 heteroatoms. The fraction of sp³-hybridized carbons (Fsp3) is 0.294. The molecule has 1 amide bonds. The van der Waals surface area contributed by atoms with Crippen molar-refractivity contribution in [3.63, 3.8) is 0 Å². The lowest BCUT2D eigenvalue weighted by molar-refractivity contribution is 0.102. The summed E-state index contributed by atoms with van der Waals surface area (Å²) in [5.74, 6) is 0.469. The molecule has 4 nitrogen and oxygen atoms in total. The first-order chi connectivity index (χ1) is 10.9. The third-order valence-corrected chi connectivity index (χ3v) is 3.83. The first-order valence-corrected chi connectivity index (χ1v) is 7.19. The molecule has 0 unspecified atom stereocenters. The maximum Gasteiger partial charge on any atom is 0.280 e. The fourth-order valence-corrected chi connectivity index (χ4v) is 2.47. The maximum absolute atomic E-state index is 12.5. The molecule has 2 heterocycles. The van der Waals surface area contributed by atoms with E-state index in [1.165, 1.54) is 18.3 Å². The van der Waals surface area contributed by atoms with Crippen molar-refractivity contribution in [3.05, 3.63) is 53.3 Å². The van der Waals surface area contributed by atoms with Gasteiger partial charge in [-0.05, 0) is 30.3 Å². The zero-order chi connectivity index (χ0) is 16.6. The number of fused-ring (bicyclic) bond motifs is 1. The van der Waals surface area contributed by atoms with Crippen molar-refractivity contribution in [1.29, 1.82) is 0 Å². The van der Waals surface area contributed by atoms with Crippen LogP contribution in [0.2, 0.25) is 0 Å². The van der Waals surface area contributed by atoms with Gasteiger partial charge < -0.3 is 10.1 Å². The molecule has 0 aliphatic carbocycles. The Morgan fingerprint density at radius 1 is 1.30 bits per heavy atom. The first kappa shape index (κ1) is 15.4. The van der Waals surface area contributed by atoms with Gasteiger partial charge in [-0.15, -0.1) is 0 Å². The molecule has 0 atom stereocenters. The second-order valence-corrected chi connectivity index (χ2v) is 6.11. The number of nitrogens with zero attached hydrogens (tertiary/aromatic N) is 1. The van der Waals surface area contributed by atoms with Gasteiger partial charge in [0.2, 0.25) is 0 Å². The predicted octanol–water partition coefficient (Wildman–Crippen LogP) is 3.94. The number of alkyl halides is 2. The molecule has 23 heavy (non-hydrogen) atoms. The number of aromatic nitrogens is 1. The average molecular weight is 318 g/mol. The summed E-state index contributed by atoms with van der Waals surface area (Å²) in [6.45, 7) is 4.67. The van der Waals surface area contributed by atoms with E-state index < -0.39 is 6.43 Å². The molecular weight excluding hydrogens is 302 g/mol. The van der Waals surface area contributed by atoms with E-state index in [1.807, 2.05) is 13.8 Å². The van der Waals surface area contributed by atoms with Gasteiger partial charge in [0.1, 0.15) is 11.4 Å². The normalized spacial score (nSPS) is 15.2. The van der Waals surface area contributed by atoms with E-state index in [1.54, 1.807) is 18.2 Å². The molecular formula is C17H16F2N2O2. The van der Waals surface area contributed by atoms with E-state index in [0.717, 1.165) is 11.3 Å². The van der Waals surface area contributed by atoms with E-state index in [4.69, 9.17) is 4.74 Å². The first-order valence-electron chi connectivity index (χ1n) is 7.19. The van der Waals surface area contributed by atoms with Crippen molar-refractivity contribution >= 4 is 11.6 Å². The number of halogens is 2. The highest BCUT2D eigenvalue weighted by Gasteiger charge is 2.32. The van der Waals surface area contributed by atoms with Crippen LogP contribution in [0.4, 0.5) is 14.5 Å². The van der Waals surface area contributed by atoms with Crippen LogP contribution in [0.25, 0.3) is 0 Å². The number of hydrogen-bond acceptors (Lipinski definition) is 3. The van der Waals surface area contributed by atoms with E-state index in [-0.39, 0.29) is 17.0 Å². The molecule has 1 aromatic carbocycles. The van der Waals surface area contributed by atoms with Crippen LogP contribution in [-0.2, 0) is 5.41 Å². The Labute approximate surface area is 132 Å². The van der Waals surface area contributed by atoms with Crippen molar-refractivity contribution in [2.24, 2.45) is 0 Å². The molecule has 1 N–H and O–H groups in total. The van der Waals surface area contributed by atoms with Gasteiger partial charge in [0, 0.05) is 16.5 Å². The Balaban J connectivity index is 1.79. The van der Waals surface area contributed by atoms with E-state index in [2.05, 4.69) is 10.3 Å². The molecule has 1 aliphatic rings. The maximum atomic E-state index is 12.5. The lowest BCUT2D eigenvalue weighted by Gasteiger charge is -2.15. The number of pyridine rings is 1. The number of nitrogens with one attached hydrogen (secondary N) is 1. The average Bonchev–Trinajstić information content (AvgIpc) is 2.83. The topological polar surface area (TPSA) is 51.2 Å². The Hall–Kier alpha value is -2.50. The molecule has 120 valence electrons. The molecule has 0 spiro atoms. The van der Waals surface area contributed by atoms with Crippen LogP contribution in [0, 0.1) is 0 Å². The summed E-state index contributed by atoms with van der Waals surface area (Å²) in [5, 5.41) is 2.66. The van der Waals surface area contributed by atoms with Crippen molar-refractivity contribution < 1.29 is 18.3 Å². The highest BCUT2D eigenvalue weighted by Crippen LogP contribution is 2.38. The predicted molar refractivity (Wildman–Crippen MR) is 82.1 cm³/mol. The van der Waals surface area contributed by atoms with Gasteiger partial charge in [-0.2, -0.15) is 0 Å². The standard InChI is InChI=1S/C17H16F2N2O2/c1-17(2)9-23-14-6-3-10(7-12(14)17)16(22)21-11-4-5-13(15(18)19)20-8-11/h3-8,15H,9H2,1-2H3,(H,21,22). The third kappa shape index (κ3) is 3.02. The highest BCUT2D eigenvalue weighted by molar-refractivity contribution is 6.04. The second kappa shape index (κ2) is 5.61. The van der Waals surface area contributed by atoms with E-state index in [0.29, 0.717) is 17.9 Å². The lowest BCUT2D eigenvalue weighted by Crippen LogP contribution is -2.19. The number of rotatable bonds is 3.